The number of hydrogen-bond donors (Lipinski definition) is 2. The third kappa shape index (κ3) is 4.17. The van der Waals surface area contributed by atoms with Crippen molar-refractivity contribution >= 4 is 5.96 Å². The highest BCUT2D eigenvalue weighted by Gasteiger charge is 1.96. The highest BCUT2D eigenvalue weighted by Crippen LogP contribution is 2.02. The van der Waals surface area contributed by atoms with Crippen LogP contribution in [0.3, 0.4) is 0 Å². The Balaban J connectivity index is 2.46. The predicted octanol–water partition coefficient (Wildman–Crippen LogP) is 1.85. The van der Waals surface area contributed by atoms with Gasteiger partial charge in [-0.2, -0.15) is 0 Å². The van der Waals surface area contributed by atoms with E-state index in [-0.39, 0.29) is 0 Å². The lowest BCUT2D eigenvalue weighted by Crippen LogP contribution is -2.36. The Labute approximate surface area is 97.3 Å². The van der Waals surface area contributed by atoms with Crippen molar-refractivity contribution < 1.29 is 0 Å². The second-order valence-corrected chi connectivity index (χ2v) is 3.58. The molecule has 0 aliphatic heterocycles. The van der Waals surface area contributed by atoms with Crippen molar-refractivity contribution in [1.29, 1.82) is 0 Å². The maximum absolute atomic E-state index is 4.11. The molecule has 0 saturated heterocycles. The molecular formula is C13H19N3. The second-order valence-electron chi connectivity index (χ2n) is 3.58. The molecule has 3 nitrogen and oxygen atoms in total. The van der Waals surface area contributed by atoms with E-state index in [0.29, 0.717) is 6.54 Å². The van der Waals surface area contributed by atoms with Crippen LogP contribution in [0, 0.1) is 6.92 Å². The molecule has 0 heterocycles. The van der Waals surface area contributed by atoms with Gasteiger partial charge in [0.2, 0.25) is 0 Å². The van der Waals surface area contributed by atoms with Crippen LogP contribution in [0.2, 0.25) is 0 Å². The number of rotatable bonds is 4. The molecule has 0 amide bonds. The monoisotopic (exact) mass is 217 g/mol. The third-order valence-electron chi connectivity index (χ3n) is 2.18. The first-order valence-electron chi connectivity index (χ1n) is 5.37. The van der Waals surface area contributed by atoms with Crippen LogP contribution in [-0.4, -0.2) is 19.6 Å². The van der Waals surface area contributed by atoms with Gasteiger partial charge in [0.15, 0.2) is 5.96 Å². The van der Waals surface area contributed by atoms with E-state index in [2.05, 4.69) is 53.4 Å². The highest BCUT2D eigenvalue weighted by molar-refractivity contribution is 5.79. The third-order valence-corrected chi connectivity index (χ3v) is 2.18. The summed E-state index contributed by atoms with van der Waals surface area (Å²) >= 11 is 0. The number of aryl methyl sites for hydroxylation is 1. The van der Waals surface area contributed by atoms with Gasteiger partial charge in [-0.05, 0) is 12.5 Å². The fourth-order valence-electron chi connectivity index (χ4n) is 1.40. The highest BCUT2D eigenvalue weighted by atomic mass is 15.2. The molecule has 0 saturated carbocycles. The van der Waals surface area contributed by atoms with Crippen LogP contribution in [0.5, 0.6) is 0 Å². The quantitative estimate of drug-likeness (QED) is 0.459. The van der Waals surface area contributed by atoms with Crippen molar-refractivity contribution in [2.24, 2.45) is 4.99 Å². The summed E-state index contributed by atoms with van der Waals surface area (Å²) in [6, 6.07) is 8.41. The van der Waals surface area contributed by atoms with Crippen molar-refractivity contribution in [1.82, 2.24) is 10.6 Å². The molecule has 0 radical (unpaired) electrons. The summed E-state index contributed by atoms with van der Waals surface area (Å²) in [5.41, 5.74) is 2.52. The van der Waals surface area contributed by atoms with E-state index in [1.165, 1.54) is 11.1 Å². The number of benzene rings is 1. The van der Waals surface area contributed by atoms with Crippen LogP contribution in [0.15, 0.2) is 41.9 Å². The Bertz CT molecular complexity index is 369. The summed E-state index contributed by atoms with van der Waals surface area (Å²) in [4.78, 5) is 4.11. The van der Waals surface area contributed by atoms with E-state index in [1.54, 1.807) is 13.1 Å². The molecule has 0 fully saturated rings. The molecule has 3 heteroatoms. The molecule has 0 aliphatic carbocycles. The molecule has 0 aliphatic rings. The van der Waals surface area contributed by atoms with E-state index in [9.17, 15) is 0 Å². The molecule has 0 atom stereocenters. The summed E-state index contributed by atoms with van der Waals surface area (Å²) in [6.07, 6.45) is 1.81. The van der Waals surface area contributed by atoms with E-state index in [4.69, 9.17) is 0 Å². The lowest BCUT2D eigenvalue weighted by Gasteiger charge is -2.10. The number of nitrogens with one attached hydrogen (secondary N) is 2. The van der Waals surface area contributed by atoms with Gasteiger partial charge in [-0.3, -0.25) is 4.99 Å². The van der Waals surface area contributed by atoms with Crippen LogP contribution in [-0.2, 0) is 6.54 Å². The summed E-state index contributed by atoms with van der Waals surface area (Å²) in [6.45, 7) is 7.24. The van der Waals surface area contributed by atoms with Gasteiger partial charge < -0.3 is 10.6 Å². The van der Waals surface area contributed by atoms with Gasteiger partial charge in [-0.1, -0.05) is 35.9 Å². The molecule has 0 aromatic heterocycles. The Morgan fingerprint density at radius 2 is 2.25 bits per heavy atom. The number of aliphatic imine (C=N–C) groups is 1. The lowest BCUT2D eigenvalue weighted by molar-refractivity contribution is 0.846. The van der Waals surface area contributed by atoms with Crippen LogP contribution in [0.4, 0.5) is 0 Å². The zero-order valence-corrected chi connectivity index (χ0v) is 9.96. The number of hydrogen-bond acceptors (Lipinski definition) is 1. The first kappa shape index (κ1) is 12.3. The Hall–Kier alpha value is -1.77. The number of guanidine groups is 1. The van der Waals surface area contributed by atoms with E-state index in [1.807, 2.05) is 0 Å². The second kappa shape index (κ2) is 6.67. The first-order valence-corrected chi connectivity index (χ1v) is 5.37. The maximum atomic E-state index is 4.11. The predicted molar refractivity (Wildman–Crippen MR) is 69.6 cm³/mol. The molecule has 86 valence electrons. The Kier molecular flexibility index (Phi) is 5.12. The molecule has 1 rings (SSSR count). The van der Waals surface area contributed by atoms with Crippen molar-refractivity contribution in [3.05, 3.63) is 48.0 Å². The normalized spacial score (nSPS) is 11.0. The molecular weight excluding hydrogens is 198 g/mol. The van der Waals surface area contributed by atoms with E-state index < -0.39 is 0 Å². The molecule has 0 bridgehead atoms. The standard InChI is InChI=1S/C13H19N3/c1-4-8-15-13(14-3)16-10-12-7-5-6-11(2)9-12/h4-7,9H,1,8,10H2,2-3H3,(H2,14,15,16). The molecule has 1 aromatic carbocycles. The SMILES string of the molecule is C=CCNC(=NC)NCc1cccc(C)c1. The van der Waals surface area contributed by atoms with Gasteiger partial charge in [-0.15, -0.1) is 6.58 Å². The molecule has 0 unspecified atom stereocenters. The smallest absolute Gasteiger partial charge is 0.191 e. The van der Waals surface area contributed by atoms with Crippen LogP contribution in [0.25, 0.3) is 0 Å². The van der Waals surface area contributed by atoms with Crippen LogP contribution in [0.1, 0.15) is 11.1 Å². The van der Waals surface area contributed by atoms with Crippen LogP contribution >= 0.6 is 0 Å². The minimum atomic E-state index is 0.716. The van der Waals surface area contributed by atoms with Crippen molar-refractivity contribution in [2.45, 2.75) is 13.5 Å². The summed E-state index contributed by atoms with van der Waals surface area (Å²) in [7, 11) is 1.76. The molecule has 16 heavy (non-hydrogen) atoms. The van der Waals surface area contributed by atoms with Crippen LogP contribution < -0.4 is 10.6 Å². The topological polar surface area (TPSA) is 36.4 Å². The molecule has 0 spiro atoms. The molecule has 2 N–H and O–H groups in total. The van der Waals surface area contributed by atoms with Crippen molar-refractivity contribution in [3.8, 4) is 0 Å². The zero-order chi connectivity index (χ0) is 11.8. The summed E-state index contributed by atoms with van der Waals surface area (Å²) in [5.74, 6) is 0.793. The van der Waals surface area contributed by atoms with Gasteiger partial charge in [-0.25, -0.2) is 0 Å². The summed E-state index contributed by atoms with van der Waals surface area (Å²) < 4.78 is 0. The van der Waals surface area contributed by atoms with Gasteiger partial charge in [0.25, 0.3) is 0 Å². The van der Waals surface area contributed by atoms with Gasteiger partial charge in [0.05, 0.1) is 0 Å². The lowest BCUT2D eigenvalue weighted by atomic mass is 10.1. The first-order chi connectivity index (χ1) is 7.76. The van der Waals surface area contributed by atoms with Gasteiger partial charge >= 0.3 is 0 Å². The average Bonchev–Trinajstić information content (AvgIpc) is 2.29. The summed E-state index contributed by atoms with van der Waals surface area (Å²) in [5, 5.41) is 6.36. The van der Waals surface area contributed by atoms with Gasteiger partial charge in [0, 0.05) is 20.1 Å². The molecule has 1 aromatic rings. The minimum absolute atomic E-state index is 0.716. The zero-order valence-electron chi connectivity index (χ0n) is 9.96. The van der Waals surface area contributed by atoms with E-state index >= 15 is 0 Å². The van der Waals surface area contributed by atoms with Crippen molar-refractivity contribution in [2.75, 3.05) is 13.6 Å². The Morgan fingerprint density at radius 3 is 2.88 bits per heavy atom. The fourth-order valence-corrected chi connectivity index (χ4v) is 1.40. The van der Waals surface area contributed by atoms with Gasteiger partial charge in [0.1, 0.15) is 0 Å². The fraction of sp³-hybridized carbons (Fsp3) is 0.308. The average molecular weight is 217 g/mol. The van der Waals surface area contributed by atoms with Crippen molar-refractivity contribution in [3.63, 3.8) is 0 Å². The number of nitrogens with zero attached hydrogens (tertiary/aromatic N) is 1. The van der Waals surface area contributed by atoms with E-state index in [0.717, 1.165) is 12.5 Å². The minimum Gasteiger partial charge on any atom is -0.353 e. The largest absolute Gasteiger partial charge is 0.353 e. The Morgan fingerprint density at radius 1 is 1.44 bits per heavy atom. The maximum Gasteiger partial charge on any atom is 0.191 e.